The zero-order valence-electron chi connectivity index (χ0n) is 23.3. The second kappa shape index (κ2) is 20.6. The van der Waals surface area contributed by atoms with Crippen molar-refractivity contribution in [1.29, 1.82) is 0 Å². The van der Waals surface area contributed by atoms with Gasteiger partial charge < -0.3 is 21.1 Å². The lowest BCUT2D eigenvalue weighted by Gasteiger charge is -2.30. The van der Waals surface area contributed by atoms with E-state index in [4.69, 9.17) is 16.2 Å². The van der Waals surface area contributed by atoms with E-state index in [0.717, 1.165) is 24.8 Å². The summed E-state index contributed by atoms with van der Waals surface area (Å²) in [7, 11) is 1.70. The summed E-state index contributed by atoms with van der Waals surface area (Å²) in [6.07, 6.45) is 15.7. The first-order valence-electron chi connectivity index (χ1n) is 14.3. The Morgan fingerprint density at radius 3 is 1.97 bits per heavy atom. The Morgan fingerprint density at radius 1 is 0.838 bits per heavy atom. The molecule has 0 bridgehead atoms. The molecule has 2 amide bonds. The SMILES string of the molecule is CCCCCCCCCCCCC[C@@H](CC(N)=O)N(C)C(=O)[C@@H](N)CCCC(=O)OCc1ccccc1. The summed E-state index contributed by atoms with van der Waals surface area (Å²) in [5, 5.41) is 0. The number of unbranched alkanes of at least 4 members (excludes halogenated alkanes) is 10. The molecule has 210 valence electrons. The Bertz CT molecular complexity index is 756. The number of amides is 2. The van der Waals surface area contributed by atoms with Gasteiger partial charge in [-0.3, -0.25) is 14.4 Å². The summed E-state index contributed by atoms with van der Waals surface area (Å²) in [4.78, 5) is 38.1. The van der Waals surface area contributed by atoms with E-state index in [9.17, 15) is 14.4 Å². The van der Waals surface area contributed by atoms with E-state index >= 15 is 0 Å². The van der Waals surface area contributed by atoms with E-state index < -0.39 is 11.9 Å². The van der Waals surface area contributed by atoms with Gasteiger partial charge in [-0.25, -0.2) is 0 Å². The molecule has 0 spiro atoms. The predicted molar refractivity (Wildman–Crippen MR) is 150 cm³/mol. The zero-order valence-corrected chi connectivity index (χ0v) is 23.3. The number of nitrogens with zero attached hydrogens (tertiary/aromatic N) is 1. The van der Waals surface area contributed by atoms with Gasteiger partial charge in [0.2, 0.25) is 11.8 Å². The average Bonchev–Trinajstić information content (AvgIpc) is 2.89. The maximum Gasteiger partial charge on any atom is 0.306 e. The lowest BCUT2D eigenvalue weighted by Crippen LogP contribution is -2.47. The second-order valence-corrected chi connectivity index (χ2v) is 10.2. The molecule has 1 aromatic rings. The van der Waals surface area contributed by atoms with Crippen molar-refractivity contribution in [2.75, 3.05) is 7.05 Å². The molecule has 0 fully saturated rings. The molecule has 7 heteroatoms. The van der Waals surface area contributed by atoms with Crippen LogP contribution in [0.3, 0.4) is 0 Å². The molecule has 4 N–H and O–H groups in total. The highest BCUT2D eigenvalue weighted by Crippen LogP contribution is 2.17. The van der Waals surface area contributed by atoms with Crippen molar-refractivity contribution in [3.63, 3.8) is 0 Å². The van der Waals surface area contributed by atoms with Gasteiger partial charge in [0.05, 0.1) is 6.04 Å². The third-order valence-corrected chi connectivity index (χ3v) is 6.93. The van der Waals surface area contributed by atoms with Crippen LogP contribution in [0.4, 0.5) is 0 Å². The van der Waals surface area contributed by atoms with Gasteiger partial charge in [0, 0.05) is 25.9 Å². The Labute approximate surface area is 224 Å². The van der Waals surface area contributed by atoms with E-state index in [2.05, 4.69) is 6.92 Å². The van der Waals surface area contributed by atoms with E-state index in [1.807, 2.05) is 30.3 Å². The van der Waals surface area contributed by atoms with Crippen molar-refractivity contribution in [1.82, 2.24) is 4.90 Å². The number of benzene rings is 1. The first-order valence-corrected chi connectivity index (χ1v) is 14.3. The Morgan fingerprint density at radius 2 is 1.41 bits per heavy atom. The minimum absolute atomic E-state index is 0.137. The van der Waals surface area contributed by atoms with Gasteiger partial charge in [-0.15, -0.1) is 0 Å². The average molecular weight is 518 g/mol. The molecule has 1 aromatic carbocycles. The molecule has 0 aliphatic rings. The Balaban J connectivity index is 2.28. The topological polar surface area (TPSA) is 116 Å². The molecule has 0 unspecified atom stereocenters. The highest BCUT2D eigenvalue weighted by atomic mass is 16.5. The molecule has 1 rings (SSSR count). The number of carbonyl (C=O) groups is 3. The number of nitrogens with two attached hydrogens (primary N) is 2. The van der Waals surface area contributed by atoms with Crippen LogP contribution in [0.1, 0.15) is 115 Å². The number of ether oxygens (including phenoxy) is 1. The fourth-order valence-electron chi connectivity index (χ4n) is 4.55. The molecule has 0 aliphatic carbocycles. The van der Waals surface area contributed by atoms with Crippen LogP contribution in [-0.4, -0.2) is 41.8 Å². The van der Waals surface area contributed by atoms with Crippen molar-refractivity contribution < 1.29 is 19.1 Å². The first-order chi connectivity index (χ1) is 17.8. The van der Waals surface area contributed by atoms with Crippen LogP contribution < -0.4 is 11.5 Å². The lowest BCUT2D eigenvalue weighted by molar-refractivity contribution is -0.145. The highest BCUT2D eigenvalue weighted by molar-refractivity contribution is 5.83. The third kappa shape index (κ3) is 16.1. The van der Waals surface area contributed by atoms with Gasteiger partial charge in [0.25, 0.3) is 0 Å². The normalized spacial score (nSPS) is 12.6. The van der Waals surface area contributed by atoms with Crippen molar-refractivity contribution in [2.45, 2.75) is 128 Å². The van der Waals surface area contributed by atoms with E-state index in [0.29, 0.717) is 12.8 Å². The minimum atomic E-state index is -0.723. The molecule has 7 nitrogen and oxygen atoms in total. The maximum atomic E-state index is 12.9. The molecule has 0 saturated heterocycles. The maximum absolute atomic E-state index is 12.9. The van der Waals surface area contributed by atoms with E-state index in [-0.39, 0.29) is 37.4 Å². The fourth-order valence-corrected chi connectivity index (χ4v) is 4.55. The summed E-state index contributed by atoms with van der Waals surface area (Å²) in [5.74, 6) is -0.936. The van der Waals surface area contributed by atoms with Crippen LogP contribution in [-0.2, 0) is 25.7 Å². The van der Waals surface area contributed by atoms with Crippen LogP contribution in [0.25, 0.3) is 0 Å². The standard InChI is InChI=1S/C30H51N3O4/c1-3-4-5-6-7-8-9-10-11-12-16-20-26(23-28(32)34)33(2)30(36)27(31)21-17-22-29(35)37-24-25-18-14-13-15-19-25/h13-15,18-19,26-27H,3-12,16-17,20-24,31H2,1-2H3,(H2,32,34)/t26-,27-/m0/s1. The molecule has 0 radical (unpaired) electrons. The number of esters is 1. The summed E-state index contributed by atoms with van der Waals surface area (Å²) in [6.45, 7) is 2.48. The first kappa shape index (κ1) is 32.6. The third-order valence-electron chi connectivity index (χ3n) is 6.93. The number of primary amides is 1. The predicted octanol–water partition coefficient (Wildman–Crippen LogP) is 5.63. The molecule has 0 aliphatic heterocycles. The van der Waals surface area contributed by atoms with Gasteiger partial charge in [0.1, 0.15) is 6.61 Å². The molecular weight excluding hydrogens is 466 g/mol. The van der Waals surface area contributed by atoms with Crippen molar-refractivity contribution >= 4 is 17.8 Å². The summed E-state index contributed by atoms with van der Waals surface area (Å²) < 4.78 is 5.28. The van der Waals surface area contributed by atoms with Gasteiger partial charge in [-0.2, -0.15) is 0 Å². The van der Waals surface area contributed by atoms with Crippen LogP contribution in [0.5, 0.6) is 0 Å². The lowest BCUT2D eigenvalue weighted by atomic mass is 10.0. The molecule has 0 heterocycles. The Hall–Kier alpha value is -2.41. The monoisotopic (exact) mass is 517 g/mol. The van der Waals surface area contributed by atoms with Gasteiger partial charge >= 0.3 is 5.97 Å². The Kier molecular flexibility index (Phi) is 18.2. The summed E-state index contributed by atoms with van der Waals surface area (Å²) in [6, 6.07) is 8.53. The molecule has 0 aromatic heterocycles. The number of carbonyl (C=O) groups excluding carboxylic acids is 3. The summed E-state index contributed by atoms with van der Waals surface area (Å²) in [5.41, 5.74) is 12.5. The van der Waals surface area contributed by atoms with E-state index in [1.165, 1.54) is 57.8 Å². The summed E-state index contributed by atoms with van der Waals surface area (Å²) >= 11 is 0. The number of rotatable bonds is 22. The number of hydrogen-bond acceptors (Lipinski definition) is 5. The van der Waals surface area contributed by atoms with Crippen molar-refractivity contribution in [3.8, 4) is 0 Å². The van der Waals surface area contributed by atoms with Gasteiger partial charge in [-0.1, -0.05) is 108 Å². The molecule has 0 saturated carbocycles. The van der Waals surface area contributed by atoms with Crippen LogP contribution in [0, 0.1) is 0 Å². The number of hydrogen-bond donors (Lipinski definition) is 2. The van der Waals surface area contributed by atoms with Crippen molar-refractivity contribution in [3.05, 3.63) is 35.9 Å². The molecule has 2 atom stereocenters. The molecular formula is C30H51N3O4. The number of likely N-dealkylation sites (N-methyl/N-ethyl adjacent to an activating group) is 1. The second-order valence-electron chi connectivity index (χ2n) is 10.2. The molecule has 37 heavy (non-hydrogen) atoms. The quantitative estimate of drug-likeness (QED) is 0.153. The van der Waals surface area contributed by atoms with Gasteiger partial charge in [0.15, 0.2) is 0 Å². The fraction of sp³-hybridized carbons (Fsp3) is 0.700. The largest absolute Gasteiger partial charge is 0.461 e. The van der Waals surface area contributed by atoms with Crippen molar-refractivity contribution in [2.24, 2.45) is 11.5 Å². The van der Waals surface area contributed by atoms with Crippen LogP contribution in [0.15, 0.2) is 30.3 Å². The van der Waals surface area contributed by atoms with Crippen LogP contribution >= 0.6 is 0 Å². The van der Waals surface area contributed by atoms with Gasteiger partial charge in [-0.05, 0) is 24.8 Å². The van der Waals surface area contributed by atoms with E-state index in [1.54, 1.807) is 11.9 Å². The minimum Gasteiger partial charge on any atom is -0.461 e. The highest BCUT2D eigenvalue weighted by Gasteiger charge is 2.25. The smallest absolute Gasteiger partial charge is 0.306 e. The zero-order chi connectivity index (χ0) is 27.3. The van der Waals surface area contributed by atoms with Crippen LogP contribution in [0.2, 0.25) is 0 Å².